The zero-order chi connectivity index (χ0) is 24.7. The number of hydrogen-bond donors (Lipinski definition) is 3. The van der Waals surface area contributed by atoms with Crippen molar-refractivity contribution in [2.75, 3.05) is 13.2 Å². The predicted octanol–water partition coefficient (Wildman–Crippen LogP) is 2.36. The standard InChI is InChI=1S/C24H35N3O5/c1-9-16-11-13-17(14-12-16)19(20(29)26-23(3,4)5)27(10-2)21(30)18(15-28)25-22(31)32-24(6,7)8/h1,11-14,18-19,28H,10,15H2,2-8H3,(H,25,31)(H,26,29). The fourth-order valence-electron chi connectivity index (χ4n) is 2.97. The van der Waals surface area contributed by atoms with Crippen LogP contribution in [0.5, 0.6) is 0 Å². The number of carbonyl (C=O) groups excluding carboxylic acids is 3. The Morgan fingerprint density at radius 1 is 1.12 bits per heavy atom. The molecule has 0 heterocycles. The second kappa shape index (κ2) is 11.0. The van der Waals surface area contributed by atoms with Gasteiger partial charge in [-0.3, -0.25) is 9.59 Å². The summed E-state index contributed by atoms with van der Waals surface area (Å²) in [6, 6.07) is 4.48. The lowest BCUT2D eigenvalue weighted by Gasteiger charge is -2.35. The van der Waals surface area contributed by atoms with Gasteiger partial charge in [0.2, 0.25) is 11.8 Å². The van der Waals surface area contributed by atoms with Gasteiger partial charge in [-0.25, -0.2) is 4.79 Å². The molecule has 32 heavy (non-hydrogen) atoms. The summed E-state index contributed by atoms with van der Waals surface area (Å²) < 4.78 is 5.19. The normalized spacial score (nSPS) is 13.3. The van der Waals surface area contributed by atoms with E-state index in [9.17, 15) is 19.5 Å². The molecule has 0 aliphatic rings. The second-order valence-electron chi connectivity index (χ2n) is 9.41. The average Bonchev–Trinajstić information content (AvgIpc) is 2.67. The number of alkyl carbamates (subject to hydrolysis) is 1. The lowest BCUT2D eigenvalue weighted by molar-refractivity contribution is -0.143. The van der Waals surface area contributed by atoms with E-state index in [2.05, 4.69) is 16.6 Å². The Bertz CT molecular complexity index is 844. The molecule has 0 aromatic heterocycles. The van der Waals surface area contributed by atoms with E-state index in [-0.39, 0.29) is 6.54 Å². The molecule has 176 valence electrons. The third-order valence-corrected chi connectivity index (χ3v) is 4.25. The van der Waals surface area contributed by atoms with Crippen LogP contribution in [0.4, 0.5) is 4.79 Å². The highest BCUT2D eigenvalue weighted by Crippen LogP contribution is 2.24. The minimum Gasteiger partial charge on any atom is -0.444 e. The van der Waals surface area contributed by atoms with Crippen molar-refractivity contribution >= 4 is 17.9 Å². The van der Waals surface area contributed by atoms with Crippen molar-refractivity contribution in [3.05, 3.63) is 35.4 Å². The summed E-state index contributed by atoms with van der Waals surface area (Å²) in [7, 11) is 0. The van der Waals surface area contributed by atoms with E-state index < -0.39 is 47.7 Å². The summed E-state index contributed by atoms with van der Waals surface area (Å²) in [5, 5.41) is 15.1. The van der Waals surface area contributed by atoms with Gasteiger partial charge in [0.25, 0.3) is 0 Å². The first-order chi connectivity index (χ1) is 14.7. The lowest BCUT2D eigenvalue weighted by Crippen LogP contribution is -2.55. The highest BCUT2D eigenvalue weighted by Gasteiger charge is 2.36. The number of nitrogens with zero attached hydrogens (tertiary/aromatic N) is 1. The number of nitrogens with one attached hydrogen (secondary N) is 2. The zero-order valence-electron chi connectivity index (χ0n) is 20.0. The Balaban J connectivity index is 3.30. The average molecular weight is 446 g/mol. The van der Waals surface area contributed by atoms with Crippen molar-refractivity contribution in [2.45, 2.75) is 71.7 Å². The van der Waals surface area contributed by atoms with E-state index in [1.807, 2.05) is 20.8 Å². The van der Waals surface area contributed by atoms with Crippen LogP contribution < -0.4 is 10.6 Å². The number of terminal acetylenes is 1. The van der Waals surface area contributed by atoms with Gasteiger partial charge in [-0.15, -0.1) is 6.42 Å². The first kappa shape index (κ1) is 27.0. The molecule has 1 rings (SSSR count). The number of carbonyl (C=O) groups is 3. The van der Waals surface area contributed by atoms with Crippen LogP contribution in [-0.4, -0.2) is 58.2 Å². The maximum absolute atomic E-state index is 13.3. The number of likely N-dealkylation sites (N-methyl/N-ethyl adjacent to an activating group) is 1. The van der Waals surface area contributed by atoms with Crippen LogP contribution in [0.15, 0.2) is 24.3 Å². The number of rotatable bonds is 7. The Labute approximate surface area is 190 Å². The molecule has 0 saturated heterocycles. The quantitative estimate of drug-likeness (QED) is 0.559. The van der Waals surface area contributed by atoms with Crippen molar-refractivity contribution in [1.29, 1.82) is 0 Å². The highest BCUT2D eigenvalue weighted by atomic mass is 16.6. The molecule has 2 unspecified atom stereocenters. The summed E-state index contributed by atoms with van der Waals surface area (Å²) in [6.07, 6.45) is 4.59. The van der Waals surface area contributed by atoms with Gasteiger partial charge in [0.1, 0.15) is 17.7 Å². The summed E-state index contributed by atoms with van der Waals surface area (Å²) in [4.78, 5) is 40.0. The number of aliphatic hydroxyl groups is 1. The maximum atomic E-state index is 13.3. The Morgan fingerprint density at radius 2 is 1.69 bits per heavy atom. The van der Waals surface area contributed by atoms with Crippen molar-refractivity contribution in [3.63, 3.8) is 0 Å². The van der Waals surface area contributed by atoms with E-state index in [1.165, 1.54) is 4.90 Å². The largest absolute Gasteiger partial charge is 0.444 e. The third kappa shape index (κ3) is 8.23. The molecule has 0 bridgehead atoms. The monoisotopic (exact) mass is 445 g/mol. The number of amides is 3. The van der Waals surface area contributed by atoms with E-state index >= 15 is 0 Å². The fraction of sp³-hybridized carbons (Fsp3) is 0.542. The van der Waals surface area contributed by atoms with Gasteiger partial charge >= 0.3 is 6.09 Å². The number of hydrogen-bond acceptors (Lipinski definition) is 5. The van der Waals surface area contributed by atoms with Crippen molar-refractivity contribution in [3.8, 4) is 12.3 Å². The lowest BCUT2D eigenvalue weighted by atomic mass is 9.99. The Morgan fingerprint density at radius 3 is 2.09 bits per heavy atom. The molecule has 3 amide bonds. The van der Waals surface area contributed by atoms with Gasteiger partial charge in [-0.05, 0) is 66.2 Å². The van der Waals surface area contributed by atoms with Crippen molar-refractivity contribution in [2.24, 2.45) is 0 Å². The summed E-state index contributed by atoms with van der Waals surface area (Å²) in [5.74, 6) is 1.51. The van der Waals surface area contributed by atoms with Crippen LogP contribution in [0.3, 0.4) is 0 Å². The van der Waals surface area contributed by atoms with E-state index in [4.69, 9.17) is 11.2 Å². The molecule has 1 aromatic rings. The van der Waals surface area contributed by atoms with Crippen LogP contribution in [0.1, 0.15) is 65.6 Å². The van der Waals surface area contributed by atoms with E-state index in [1.54, 1.807) is 52.0 Å². The first-order valence-corrected chi connectivity index (χ1v) is 10.5. The molecular formula is C24H35N3O5. The minimum absolute atomic E-state index is 0.157. The molecule has 2 atom stereocenters. The molecule has 0 fully saturated rings. The topological polar surface area (TPSA) is 108 Å². The molecule has 0 aliphatic heterocycles. The van der Waals surface area contributed by atoms with Crippen LogP contribution in [0.2, 0.25) is 0 Å². The molecule has 0 spiro atoms. The molecule has 1 aromatic carbocycles. The predicted molar refractivity (Wildman–Crippen MR) is 123 cm³/mol. The fourth-order valence-corrected chi connectivity index (χ4v) is 2.97. The van der Waals surface area contributed by atoms with Crippen LogP contribution in [0.25, 0.3) is 0 Å². The molecule has 0 radical (unpaired) electrons. The Hall–Kier alpha value is -3.05. The highest BCUT2D eigenvalue weighted by molar-refractivity contribution is 5.92. The summed E-state index contributed by atoms with van der Waals surface area (Å²) in [5.41, 5.74) is -0.125. The molecule has 0 saturated carbocycles. The number of ether oxygens (including phenoxy) is 1. The van der Waals surface area contributed by atoms with Gasteiger partial charge in [-0.1, -0.05) is 18.1 Å². The molecule has 0 aliphatic carbocycles. The molecule has 3 N–H and O–H groups in total. The Kier molecular flexibility index (Phi) is 9.28. The summed E-state index contributed by atoms with van der Waals surface area (Å²) in [6.45, 7) is 11.8. The number of aliphatic hydroxyl groups excluding tert-OH is 1. The van der Waals surface area contributed by atoms with Crippen LogP contribution >= 0.6 is 0 Å². The molecular weight excluding hydrogens is 410 g/mol. The molecule has 8 nitrogen and oxygen atoms in total. The minimum atomic E-state index is -1.28. The van der Waals surface area contributed by atoms with Gasteiger partial charge < -0.3 is 25.4 Å². The van der Waals surface area contributed by atoms with Crippen LogP contribution in [-0.2, 0) is 14.3 Å². The zero-order valence-corrected chi connectivity index (χ0v) is 20.0. The van der Waals surface area contributed by atoms with E-state index in [0.717, 1.165) is 0 Å². The van der Waals surface area contributed by atoms with Crippen LogP contribution in [0, 0.1) is 12.3 Å². The van der Waals surface area contributed by atoms with Crippen molar-refractivity contribution in [1.82, 2.24) is 15.5 Å². The maximum Gasteiger partial charge on any atom is 0.408 e. The van der Waals surface area contributed by atoms with Gasteiger partial charge in [-0.2, -0.15) is 0 Å². The summed E-state index contributed by atoms with van der Waals surface area (Å²) >= 11 is 0. The number of benzene rings is 1. The third-order valence-electron chi connectivity index (χ3n) is 4.25. The van der Waals surface area contributed by atoms with Gasteiger partial charge in [0.05, 0.1) is 6.61 Å². The van der Waals surface area contributed by atoms with Gasteiger partial charge in [0, 0.05) is 17.6 Å². The molecule has 8 heteroatoms. The first-order valence-electron chi connectivity index (χ1n) is 10.5. The van der Waals surface area contributed by atoms with Crippen molar-refractivity contribution < 1.29 is 24.2 Å². The van der Waals surface area contributed by atoms with Gasteiger partial charge in [0.15, 0.2) is 0 Å². The smallest absolute Gasteiger partial charge is 0.408 e. The van der Waals surface area contributed by atoms with E-state index in [0.29, 0.717) is 11.1 Å². The SMILES string of the molecule is C#Cc1ccc(C(C(=O)NC(C)(C)C)N(CC)C(=O)C(CO)NC(=O)OC(C)(C)C)cc1. The second-order valence-corrected chi connectivity index (χ2v) is 9.41.